The van der Waals surface area contributed by atoms with Gasteiger partial charge in [0.05, 0.1) is 24.6 Å². The maximum Gasteiger partial charge on any atom is 0.119 e. The lowest BCUT2D eigenvalue weighted by Gasteiger charge is -2.27. The van der Waals surface area contributed by atoms with Crippen LogP contribution in [-0.4, -0.2) is 31.0 Å². The van der Waals surface area contributed by atoms with Gasteiger partial charge in [-0.15, -0.1) is 0 Å². The molecule has 1 aliphatic rings. The number of hydrogen-bond acceptors (Lipinski definition) is 6. The molecular weight excluding hydrogens is 352 g/mol. The first-order chi connectivity index (χ1) is 13.6. The molecule has 6 nitrogen and oxygen atoms in total. The van der Waals surface area contributed by atoms with Gasteiger partial charge < -0.3 is 26.3 Å². The molecule has 0 saturated carbocycles. The van der Waals surface area contributed by atoms with E-state index in [2.05, 4.69) is 5.32 Å². The van der Waals surface area contributed by atoms with Crippen molar-refractivity contribution in [1.29, 1.82) is 0 Å². The first-order valence-electron chi connectivity index (χ1n) is 9.63. The van der Waals surface area contributed by atoms with Crippen LogP contribution >= 0.6 is 0 Å². The summed E-state index contributed by atoms with van der Waals surface area (Å²) >= 11 is 0. The van der Waals surface area contributed by atoms with Gasteiger partial charge in [-0.3, -0.25) is 4.99 Å². The minimum absolute atomic E-state index is 0.166. The van der Waals surface area contributed by atoms with E-state index < -0.39 is 0 Å². The molecule has 148 valence electrons. The second-order valence-electron chi connectivity index (χ2n) is 6.59. The van der Waals surface area contributed by atoms with Crippen LogP contribution in [0.2, 0.25) is 0 Å². The number of ether oxygens (including phenoxy) is 2. The summed E-state index contributed by atoms with van der Waals surface area (Å²) in [7, 11) is 0. The monoisotopic (exact) mass is 380 g/mol. The molecule has 0 spiro atoms. The molecule has 0 amide bonds. The first kappa shape index (κ1) is 19.9. The van der Waals surface area contributed by atoms with E-state index in [4.69, 9.17) is 25.9 Å². The van der Waals surface area contributed by atoms with Gasteiger partial charge in [0, 0.05) is 23.5 Å². The van der Waals surface area contributed by atoms with Crippen molar-refractivity contribution in [3.8, 4) is 11.5 Å². The number of hydrogen-bond donors (Lipinski definition) is 3. The highest BCUT2D eigenvalue weighted by atomic mass is 16.5. The average molecular weight is 380 g/mol. The predicted molar refractivity (Wildman–Crippen MR) is 115 cm³/mol. The van der Waals surface area contributed by atoms with Crippen LogP contribution in [0.3, 0.4) is 0 Å². The second kappa shape index (κ2) is 9.39. The standard InChI is InChI=1S/C22H28N4O2/c1-3-27-17-9-5-15(6-10-17)25-21-14-22(20(24)13-19(21)23)26-16-7-11-18(12-8-16)28-4-2/h5-12,14,19-20,25H,3-4,13,23-24H2,1-2H3/b26-22-. The summed E-state index contributed by atoms with van der Waals surface area (Å²) in [5.74, 6) is 1.67. The minimum atomic E-state index is -0.201. The number of benzene rings is 2. The van der Waals surface area contributed by atoms with Crippen LogP contribution < -0.4 is 26.3 Å². The van der Waals surface area contributed by atoms with Gasteiger partial charge >= 0.3 is 0 Å². The van der Waals surface area contributed by atoms with Crippen LogP contribution in [-0.2, 0) is 0 Å². The summed E-state index contributed by atoms with van der Waals surface area (Å²) in [6, 6.07) is 15.1. The molecule has 3 rings (SSSR count). The fourth-order valence-electron chi connectivity index (χ4n) is 3.04. The minimum Gasteiger partial charge on any atom is -0.494 e. The van der Waals surface area contributed by atoms with Crippen molar-refractivity contribution < 1.29 is 9.47 Å². The Bertz CT molecular complexity index is 829. The van der Waals surface area contributed by atoms with Crippen molar-refractivity contribution in [3.63, 3.8) is 0 Å². The zero-order chi connectivity index (χ0) is 19.9. The molecule has 5 N–H and O–H groups in total. The molecule has 0 fully saturated rings. The molecule has 1 aliphatic carbocycles. The molecule has 0 bridgehead atoms. The van der Waals surface area contributed by atoms with E-state index in [-0.39, 0.29) is 12.1 Å². The fraction of sp³-hybridized carbons (Fsp3) is 0.318. The SMILES string of the molecule is CCOc1ccc(/N=C2/C=C(Nc3ccc(OCC)cc3)C(N)CC2N)cc1. The van der Waals surface area contributed by atoms with Crippen LogP contribution in [0.15, 0.2) is 65.3 Å². The number of anilines is 1. The number of nitrogens with zero attached hydrogens (tertiary/aromatic N) is 1. The summed E-state index contributed by atoms with van der Waals surface area (Å²) in [4.78, 5) is 4.71. The first-order valence-corrected chi connectivity index (χ1v) is 9.63. The van der Waals surface area contributed by atoms with Crippen LogP contribution in [0.5, 0.6) is 11.5 Å². The van der Waals surface area contributed by atoms with E-state index >= 15 is 0 Å². The van der Waals surface area contributed by atoms with E-state index in [0.29, 0.717) is 19.6 Å². The molecule has 28 heavy (non-hydrogen) atoms. The van der Waals surface area contributed by atoms with Crippen LogP contribution in [0.4, 0.5) is 11.4 Å². The largest absolute Gasteiger partial charge is 0.494 e. The van der Waals surface area contributed by atoms with E-state index in [1.807, 2.05) is 68.5 Å². The van der Waals surface area contributed by atoms with Crippen molar-refractivity contribution in [3.05, 3.63) is 60.3 Å². The van der Waals surface area contributed by atoms with E-state index in [1.165, 1.54) is 0 Å². The van der Waals surface area contributed by atoms with E-state index in [0.717, 1.165) is 34.3 Å². The molecule has 0 aliphatic heterocycles. The third kappa shape index (κ3) is 5.12. The molecule has 0 radical (unpaired) electrons. The highest BCUT2D eigenvalue weighted by Crippen LogP contribution is 2.24. The molecule has 0 heterocycles. The zero-order valence-electron chi connectivity index (χ0n) is 16.4. The Morgan fingerprint density at radius 2 is 1.46 bits per heavy atom. The Morgan fingerprint density at radius 3 is 2.04 bits per heavy atom. The summed E-state index contributed by atoms with van der Waals surface area (Å²) in [5.41, 5.74) is 16.1. The maximum atomic E-state index is 6.30. The number of aliphatic imine (C=N–C) groups is 1. The Balaban J connectivity index is 1.78. The van der Waals surface area contributed by atoms with Gasteiger partial charge in [-0.2, -0.15) is 0 Å². The molecule has 2 aromatic rings. The van der Waals surface area contributed by atoms with Crippen LogP contribution in [0, 0.1) is 0 Å². The molecule has 0 aromatic heterocycles. The third-order valence-corrected chi connectivity index (χ3v) is 4.45. The Labute approximate surface area is 166 Å². The van der Waals surface area contributed by atoms with Gasteiger partial charge in [0.15, 0.2) is 0 Å². The van der Waals surface area contributed by atoms with Crippen molar-refractivity contribution in [1.82, 2.24) is 0 Å². The Hall–Kier alpha value is -2.83. The zero-order valence-corrected chi connectivity index (χ0v) is 16.4. The lowest BCUT2D eigenvalue weighted by atomic mass is 9.93. The predicted octanol–water partition coefficient (Wildman–Crippen LogP) is 3.61. The third-order valence-electron chi connectivity index (χ3n) is 4.45. The molecule has 6 heteroatoms. The topological polar surface area (TPSA) is 94.9 Å². The normalized spacial score (nSPS) is 20.6. The van der Waals surface area contributed by atoms with Gasteiger partial charge in [-0.1, -0.05) is 0 Å². The summed E-state index contributed by atoms with van der Waals surface area (Å²) in [6.07, 6.45) is 2.58. The van der Waals surface area contributed by atoms with E-state index in [9.17, 15) is 0 Å². The second-order valence-corrected chi connectivity index (χ2v) is 6.59. The number of rotatable bonds is 7. The lowest BCUT2D eigenvalue weighted by molar-refractivity contribution is 0.340. The molecule has 0 saturated heterocycles. The van der Waals surface area contributed by atoms with Crippen LogP contribution in [0.1, 0.15) is 20.3 Å². The van der Waals surface area contributed by atoms with Crippen LogP contribution in [0.25, 0.3) is 0 Å². The molecular formula is C22H28N4O2. The van der Waals surface area contributed by atoms with Crippen molar-refractivity contribution in [2.24, 2.45) is 16.5 Å². The number of nitrogens with one attached hydrogen (secondary N) is 1. The van der Waals surface area contributed by atoms with Gasteiger partial charge in [0.2, 0.25) is 0 Å². The van der Waals surface area contributed by atoms with Crippen molar-refractivity contribution >= 4 is 17.1 Å². The highest BCUT2D eigenvalue weighted by Gasteiger charge is 2.24. The van der Waals surface area contributed by atoms with Gasteiger partial charge in [-0.05, 0) is 74.9 Å². The molecule has 2 atom stereocenters. The van der Waals surface area contributed by atoms with E-state index in [1.54, 1.807) is 0 Å². The summed E-state index contributed by atoms with van der Waals surface area (Å²) < 4.78 is 11.0. The number of nitrogens with two attached hydrogens (primary N) is 2. The Kier molecular flexibility index (Phi) is 6.68. The Morgan fingerprint density at radius 1 is 0.893 bits per heavy atom. The van der Waals surface area contributed by atoms with Gasteiger partial charge in [0.25, 0.3) is 0 Å². The summed E-state index contributed by atoms with van der Waals surface area (Å²) in [5, 5.41) is 3.39. The molecule has 2 aromatic carbocycles. The molecule has 2 unspecified atom stereocenters. The van der Waals surface area contributed by atoms with Crippen molar-refractivity contribution in [2.75, 3.05) is 18.5 Å². The summed E-state index contributed by atoms with van der Waals surface area (Å²) in [6.45, 7) is 5.21. The lowest BCUT2D eigenvalue weighted by Crippen LogP contribution is -2.43. The highest BCUT2D eigenvalue weighted by molar-refractivity contribution is 6.02. The average Bonchev–Trinajstić information content (AvgIpc) is 2.69. The fourth-order valence-corrected chi connectivity index (χ4v) is 3.04. The maximum absolute atomic E-state index is 6.30. The smallest absolute Gasteiger partial charge is 0.119 e. The van der Waals surface area contributed by atoms with Gasteiger partial charge in [-0.25, -0.2) is 0 Å². The quantitative estimate of drug-likeness (QED) is 0.682. The van der Waals surface area contributed by atoms with Crippen molar-refractivity contribution in [2.45, 2.75) is 32.4 Å². The van der Waals surface area contributed by atoms with Gasteiger partial charge in [0.1, 0.15) is 11.5 Å².